The first-order valence-corrected chi connectivity index (χ1v) is 9.20. The molecule has 13 heteroatoms. The molecule has 4 aromatic rings. The molecule has 0 atom stereocenters. The Morgan fingerprint density at radius 1 is 1.00 bits per heavy atom. The van der Waals surface area contributed by atoms with E-state index >= 15 is 0 Å². The molecule has 0 saturated carbocycles. The fourth-order valence-electron chi connectivity index (χ4n) is 2.64. The van der Waals surface area contributed by atoms with Crippen LogP contribution >= 0.6 is 0 Å². The summed E-state index contributed by atoms with van der Waals surface area (Å²) in [6.45, 7) is -1.17. The van der Waals surface area contributed by atoms with Gasteiger partial charge in [-0.05, 0) is 24.3 Å². The topological polar surface area (TPSA) is 132 Å². The summed E-state index contributed by atoms with van der Waals surface area (Å²) in [5.74, 6) is 0.437. The normalized spacial score (nSPS) is 11.4. The van der Waals surface area contributed by atoms with Crippen molar-refractivity contribution in [3.8, 4) is 23.2 Å². The summed E-state index contributed by atoms with van der Waals surface area (Å²) in [6, 6.07) is 12.3. The summed E-state index contributed by atoms with van der Waals surface area (Å²) in [4.78, 5) is 22.5. The Kier molecular flexibility index (Phi) is 5.54. The maximum absolute atomic E-state index is 12.3. The van der Waals surface area contributed by atoms with Gasteiger partial charge in [0, 0.05) is 12.7 Å². The highest BCUT2D eigenvalue weighted by Crippen LogP contribution is 2.24. The predicted octanol–water partition coefficient (Wildman–Crippen LogP) is 3.31. The molecule has 10 nitrogen and oxygen atoms in total. The summed E-state index contributed by atoms with van der Waals surface area (Å²) in [6.07, 6.45) is -3.10. The quantitative estimate of drug-likeness (QED) is 0.457. The van der Waals surface area contributed by atoms with E-state index in [1.54, 1.807) is 11.9 Å². The molecule has 0 radical (unpaired) electrons. The zero-order valence-corrected chi connectivity index (χ0v) is 16.6. The first-order valence-electron chi connectivity index (χ1n) is 9.20. The fraction of sp³-hybridized carbons (Fsp3) is 0.158. The van der Waals surface area contributed by atoms with E-state index in [2.05, 4.69) is 35.4 Å². The van der Waals surface area contributed by atoms with Crippen molar-refractivity contribution in [1.82, 2.24) is 30.1 Å². The van der Waals surface area contributed by atoms with Crippen molar-refractivity contribution in [2.24, 2.45) is 0 Å². The van der Waals surface area contributed by atoms with Gasteiger partial charge in [-0.2, -0.15) is 33.1 Å². The third kappa shape index (κ3) is 4.88. The average Bonchev–Trinajstić information content (AvgIpc) is 3.28. The van der Waals surface area contributed by atoms with Gasteiger partial charge in [0.05, 0.1) is 11.9 Å². The number of aromatic nitrogens is 6. The number of rotatable bonds is 6. The molecule has 3 heterocycles. The number of alkyl halides is 3. The first kappa shape index (κ1) is 21.0. The standard InChI is InChI=1S/C19H16F3N9O/c1-31(12-5-3-2-4-6-12)18-28-14(27-17(23)29-18)15-26-16(32-30-15)13-8-7-11(9-24-13)25-10-19(20,21)22/h2-9,25H,10H2,1H3,(H2,23,27,28,29). The second-order valence-electron chi connectivity index (χ2n) is 6.54. The van der Waals surface area contributed by atoms with Crippen LogP contribution in [0.5, 0.6) is 0 Å². The minimum atomic E-state index is -4.33. The SMILES string of the molecule is CN(c1ccccc1)c1nc(N)nc(-c2noc(-c3ccc(NCC(F)(F)F)cn3)n2)n1. The van der Waals surface area contributed by atoms with Gasteiger partial charge in [-0.15, -0.1) is 0 Å². The Labute approximate surface area is 179 Å². The first-order chi connectivity index (χ1) is 15.3. The number of nitrogens with one attached hydrogen (secondary N) is 1. The van der Waals surface area contributed by atoms with Gasteiger partial charge < -0.3 is 20.5 Å². The zero-order chi connectivity index (χ0) is 22.7. The van der Waals surface area contributed by atoms with Gasteiger partial charge in [-0.25, -0.2) is 4.98 Å². The number of nitrogen functional groups attached to an aromatic ring is 1. The van der Waals surface area contributed by atoms with E-state index in [-0.39, 0.29) is 40.8 Å². The monoisotopic (exact) mass is 443 g/mol. The molecular weight excluding hydrogens is 427 g/mol. The van der Waals surface area contributed by atoms with Gasteiger partial charge in [0.2, 0.25) is 23.5 Å². The van der Waals surface area contributed by atoms with E-state index in [1.165, 1.54) is 18.3 Å². The maximum atomic E-state index is 12.3. The van der Waals surface area contributed by atoms with Crippen LogP contribution in [0.15, 0.2) is 53.2 Å². The van der Waals surface area contributed by atoms with E-state index in [9.17, 15) is 13.2 Å². The van der Waals surface area contributed by atoms with E-state index in [0.717, 1.165) is 5.69 Å². The molecule has 1 aromatic carbocycles. The lowest BCUT2D eigenvalue weighted by molar-refractivity contribution is -0.115. The highest BCUT2D eigenvalue weighted by atomic mass is 19.4. The Bertz CT molecular complexity index is 1200. The van der Waals surface area contributed by atoms with Crippen LogP contribution in [0.25, 0.3) is 23.2 Å². The molecule has 0 spiro atoms. The van der Waals surface area contributed by atoms with Crippen LogP contribution in [0.3, 0.4) is 0 Å². The Morgan fingerprint density at radius 3 is 2.47 bits per heavy atom. The molecule has 0 fully saturated rings. The molecule has 0 aliphatic carbocycles. The second-order valence-corrected chi connectivity index (χ2v) is 6.54. The van der Waals surface area contributed by atoms with Gasteiger partial charge in [0.25, 0.3) is 5.89 Å². The molecule has 0 unspecified atom stereocenters. The third-order valence-electron chi connectivity index (χ3n) is 4.19. The van der Waals surface area contributed by atoms with Crippen molar-refractivity contribution in [2.45, 2.75) is 6.18 Å². The van der Waals surface area contributed by atoms with E-state index in [1.807, 2.05) is 30.3 Å². The molecule has 3 N–H and O–H groups in total. The van der Waals surface area contributed by atoms with Crippen molar-refractivity contribution in [3.05, 3.63) is 48.7 Å². The van der Waals surface area contributed by atoms with Crippen LogP contribution < -0.4 is 16.0 Å². The largest absolute Gasteiger partial charge is 0.405 e. The van der Waals surface area contributed by atoms with Crippen LogP contribution in [-0.2, 0) is 0 Å². The molecule has 0 aliphatic heterocycles. The van der Waals surface area contributed by atoms with Crippen LogP contribution in [0, 0.1) is 0 Å². The van der Waals surface area contributed by atoms with Crippen molar-refractivity contribution < 1.29 is 17.7 Å². The lowest BCUT2D eigenvalue weighted by Crippen LogP contribution is -2.21. The molecule has 0 bridgehead atoms. The van der Waals surface area contributed by atoms with Crippen molar-refractivity contribution in [1.29, 1.82) is 0 Å². The summed E-state index contributed by atoms with van der Waals surface area (Å²) >= 11 is 0. The maximum Gasteiger partial charge on any atom is 0.405 e. The molecular formula is C19H16F3N9O. The number of nitrogens with zero attached hydrogens (tertiary/aromatic N) is 7. The Hall–Kier alpha value is -4.29. The summed E-state index contributed by atoms with van der Waals surface area (Å²) in [5.41, 5.74) is 7.13. The van der Waals surface area contributed by atoms with Crippen molar-refractivity contribution in [3.63, 3.8) is 0 Å². The van der Waals surface area contributed by atoms with Gasteiger partial charge in [-0.3, -0.25) is 0 Å². The highest BCUT2D eigenvalue weighted by molar-refractivity contribution is 5.60. The Balaban J connectivity index is 1.55. The molecule has 3 aromatic heterocycles. The number of benzene rings is 1. The smallest absolute Gasteiger partial charge is 0.375 e. The number of hydrogen-bond acceptors (Lipinski definition) is 10. The minimum Gasteiger partial charge on any atom is -0.375 e. The minimum absolute atomic E-state index is 0.0302. The van der Waals surface area contributed by atoms with Crippen LogP contribution in [0.4, 0.5) is 36.4 Å². The summed E-state index contributed by atoms with van der Waals surface area (Å²) in [7, 11) is 1.77. The van der Waals surface area contributed by atoms with Gasteiger partial charge in [0.1, 0.15) is 12.2 Å². The summed E-state index contributed by atoms with van der Waals surface area (Å²) in [5, 5.41) is 6.08. The van der Waals surface area contributed by atoms with E-state index < -0.39 is 12.7 Å². The van der Waals surface area contributed by atoms with Crippen molar-refractivity contribution in [2.75, 3.05) is 29.5 Å². The number of nitrogens with two attached hydrogens (primary N) is 1. The lowest BCUT2D eigenvalue weighted by atomic mass is 10.3. The number of anilines is 4. The number of pyridine rings is 1. The summed E-state index contributed by atoms with van der Waals surface area (Å²) < 4.78 is 42.1. The van der Waals surface area contributed by atoms with Crippen molar-refractivity contribution >= 4 is 23.3 Å². The third-order valence-corrected chi connectivity index (χ3v) is 4.19. The predicted molar refractivity (Wildman–Crippen MR) is 110 cm³/mol. The van der Waals surface area contributed by atoms with Gasteiger partial charge >= 0.3 is 6.18 Å². The van der Waals surface area contributed by atoms with Crippen LogP contribution in [0.1, 0.15) is 0 Å². The van der Waals surface area contributed by atoms with E-state index in [0.29, 0.717) is 0 Å². The number of para-hydroxylation sites is 1. The zero-order valence-electron chi connectivity index (χ0n) is 16.6. The molecule has 0 saturated heterocycles. The molecule has 164 valence electrons. The second kappa shape index (κ2) is 8.45. The Morgan fingerprint density at radius 2 is 1.78 bits per heavy atom. The number of hydrogen-bond donors (Lipinski definition) is 2. The average molecular weight is 443 g/mol. The highest BCUT2D eigenvalue weighted by Gasteiger charge is 2.26. The molecule has 32 heavy (non-hydrogen) atoms. The fourth-order valence-corrected chi connectivity index (χ4v) is 2.64. The lowest BCUT2D eigenvalue weighted by Gasteiger charge is -2.17. The van der Waals surface area contributed by atoms with Gasteiger partial charge in [0.15, 0.2) is 0 Å². The molecule has 0 aliphatic rings. The molecule has 4 rings (SSSR count). The van der Waals surface area contributed by atoms with E-state index in [4.69, 9.17) is 10.3 Å². The number of halogens is 3. The molecule has 0 amide bonds. The van der Waals surface area contributed by atoms with Crippen LogP contribution in [-0.4, -0.2) is 49.8 Å². The van der Waals surface area contributed by atoms with Gasteiger partial charge in [-0.1, -0.05) is 23.4 Å². The van der Waals surface area contributed by atoms with Crippen LogP contribution in [0.2, 0.25) is 0 Å².